The molecule has 0 atom stereocenters. The maximum absolute atomic E-state index is 13.6. The third-order valence-electron chi connectivity index (χ3n) is 3.00. The van der Waals surface area contributed by atoms with E-state index < -0.39 is 33.6 Å². The van der Waals surface area contributed by atoms with Crippen LogP contribution in [-0.4, -0.2) is 36.1 Å². The average molecular weight is 283 g/mol. The molecular weight excluding hydrogens is 269 g/mol. The van der Waals surface area contributed by atoms with Crippen molar-refractivity contribution in [3.8, 4) is 0 Å². The minimum atomic E-state index is -0.857. The van der Waals surface area contributed by atoms with E-state index in [9.17, 15) is 19.3 Å². The van der Waals surface area contributed by atoms with Crippen molar-refractivity contribution < 1.29 is 18.8 Å². The number of halogens is 1. The molecule has 0 bridgehead atoms. The van der Waals surface area contributed by atoms with Gasteiger partial charge in [-0.2, -0.15) is 0 Å². The number of hydrogen-bond acceptors (Lipinski definition) is 5. The Balaban J connectivity index is 2.02. The average Bonchev–Trinajstić information content (AvgIpc) is 2.36. The third kappa shape index (κ3) is 3.09. The zero-order chi connectivity index (χ0) is 14.8. The maximum atomic E-state index is 13.6. The van der Waals surface area contributed by atoms with Gasteiger partial charge in [-0.15, -0.1) is 0 Å². The Bertz CT molecular complexity index is 546. The van der Waals surface area contributed by atoms with Gasteiger partial charge in [-0.3, -0.25) is 14.9 Å². The van der Waals surface area contributed by atoms with E-state index in [0.29, 0.717) is 13.1 Å². The van der Waals surface area contributed by atoms with Crippen LogP contribution in [0.2, 0.25) is 0 Å². The van der Waals surface area contributed by atoms with Gasteiger partial charge < -0.3 is 15.4 Å². The van der Waals surface area contributed by atoms with Gasteiger partial charge in [-0.1, -0.05) is 6.07 Å². The van der Waals surface area contributed by atoms with Crippen molar-refractivity contribution in [3.63, 3.8) is 0 Å². The molecule has 2 N–H and O–H groups in total. The molecule has 0 radical (unpaired) electrons. The number of hydrogen-bond donors (Lipinski definition) is 2. The van der Waals surface area contributed by atoms with Crippen LogP contribution in [-0.2, 0) is 9.53 Å². The number of para-hydroxylation sites is 1. The fraction of sp³-hybridized carbons (Fsp3) is 0.417. The number of nitrogens with zero attached hydrogens (tertiary/aromatic N) is 1. The third-order valence-corrected chi connectivity index (χ3v) is 3.00. The van der Waals surface area contributed by atoms with Gasteiger partial charge in [0.2, 0.25) is 0 Å². The van der Waals surface area contributed by atoms with Crippen molar-refractivity contribution in [2.75, 3.05) is 25.0 Å². The predicted molar refractivity (Wildman–Crippen MR) is 68.9 cm³/mol. The number of anilines is 1. The monoisotopic (exact) mass is 283 g/mol. The van der Waals surface area contributed by atoms with Crippen molar-refractivity contribution in [2.24, 2.45) is 0 Å². The summed E-state index contributed by atoms with van der Waals surface area (Å²) in [5.74, 6) is -1.49. The number of nitro benzene ring substituents is 1. The van der Waals surface area contributed by atoms with Gasteiger partial charge in [-0.25, -0.2) is 4.39 Å². The SMILES string of the molecule is CC1(OCC(=O)Nc2c(F)cccc2[N+](=O)[O-])CNC1. The summed E-state index contributed by atoms with van der Waals surface area (Å²) in [7, 11) is 0. The van der Waals surface area contributed by atoms with Gasteiger partial charge in [0.25, 0.3) is 11.6 Å². The summed E-state index contributed by atoms with van der Waals surface area (Å²) >= 11 is 0. The Kier molecular flexibility index (Phi) is 3.96. The van der Waals surface area contributed by atoms with Crippen molar-refractivity contribution >= 4 is 17.3 Å². The Hall–Kier alpha value is -2.06. The largest absolute Gasteiger partial charge is 0.363 e. The minimum absolute atomic E-state index is 0.288. The molecule has 0 spiro atoms. The molecule has 1 aromatic rings. The highest BCUT2D eigenvalue weighted by atomic mass is 19.1. The number of carbonyl (C=O) groups excluding carboxylic acids is 1. The molecule has 8 heteroatoms. The van der Waals surface area contributed by atoms with Crippen LogP contribution >= 0.6 is 0 Å². The van der Waals surface area contributed by atoms with Crippen molar-refractivity contribution in [1.29, 1.82) is 0 Å². The van der Waals surface area contributed by atoms with Gasteiger partial charge >= 0.3 is 0 Å². The standard InChI is InChI=1S/C12H14FN3O4/c1-12(6-14-7-12)20-5-10(17)15-11-8(13)3-2-4-9(11)16(18)19/h2-4,14H,5-7H2,1H3,(H,15,17). The number of carbonyl (C=O) groups is 1. The lowest BCUT2D eigenvalue weighted by atomic mass is 10.0. The minimum Gasteiger partial charge on any atom is -0.363 e. The summed E-state index contributed by atoms with van der Waals surface area (Å²) < 4.78 is 18.9. The van der Waals surface area contributed by atoms with Crippen LogP contribution in [0.3, 0.4) is 0 Å². The molecule has 108 valence electrons. The molecule has 2 rings (SSSR count). The summed E-state index contributed by atoms with van der Waals surface area (Å²) in [5.41, 5.74) is -1.35. The predicted octanol–water partition coefficient (Wildman–Crippen LogP) is 1.05. The molecule has 1 aliphatic heterocycles. The molecule has 0 saturated carbocycles. The molecule has 0 aliphatic carbocycles. The molecular formula is C12H14FN3O4. The Morgan fingerprint density at radius 2 is 2.30 bits per heavy atom. The van der Waals surface area contributed by atoms with E-state index in [2.05, 4.69) is 10.6 Å². The van der Waals surface area contributed by atoms with E-state index in [4.69, 9.17) is 4.74 Å². The van der Waals surface area contributed by atoms with E-state index in [-0.39, 0.29) is 6.61 Å². The molecule has 0 unspecified atom stereocenters. The van der Waals surface area contributed by atoms with Crippen LogP contribution in [0, 0.1) is 15.9 Å². The van der Waals surface area contributed by atoms with E-state index in [1.54, 1.807) is 0 Å². The van der Waals surface area contributed by atoms with E-state index in [1.165, 1.54) is 6.07 Å². The summed E-state index contributed by atoms with van der Waals surface area (Å²) in [4.78, 5) is 21.7. The second kappa shape index (κ2) is 5.51. The molecule has 7 nitrogen and oxygen atoms in total. The van der Waals surface area contributed by atoms with E-state index in [0.717, 1.165) is 12.1 Å². The number of nitrogens with one attached hydrogen (secondary N) is 2. The maximum Gasteiger partial charge on any atom is 0.295 e. The molecule has 0 aromatic heterocycles. The summed E-state index contributed by atoms with van der Waals surface area (Å²) in [6.45, 7) is 2.80. The number of rotatable bonds is 5. The molecule has 1 aromatic carbocycles. The van der Waals surface area contributed by atoms with E-state index in [1.807, 2.05) is 6.92 Å². The molecule has 20 heavy (non-hydrogen) atoms. The van der Waals surface area contributed by atoms with Gasteiger partial charge in [-0.05, 0) is 13.0 Å². The molecule has 1 aliphatic rings. The second-order valence-corrected chi connectivity index (χ2v) is 4.78. The van der Waals surface area contributed by atoms with Crippen LogP contribution in [0.1, 0.15) is 6.92 Å². The van der Waals surface area contributed by atoms with Crippen LogP contribution in [0.15, 0.2) is 18.2 Å². The van der Waals surface area contributed by atoms with Gasteiger partial charge in [0, 0.05) is 19.2 Å². The Labute approximate surface area is 114 Å². The van der Waals surface area contributed by atoms with Crippen LogP contribution in [0.4, 0.5) is 15.8 Å². The smallest absolute Gasteiger partial charge is 0.295 e. The first-order chi connectivity index (χ1) is 9.41. The van der Waals surface area contributed by atoms with Crippen LogP contribution < -0.4 is 10.6 Å². The topological polar surface area (TPSA) is 93.5 Å². The summed E-state index contributed by atoms with van der Waals surface area (Å²) in [6, 6.07) is 3.37. The lowest BCUT2D eigenvalue weighted by molar-refractivity contribution is -0.384. The summed E-state index contributed by atoms with van der Waals surface area (Å²) in [6.07, 6.45) is 0. The first-order valence-corrected chi connectivity index (χ1v) is 5.99. The van der Waals surface area contributed by atoms with Crippen LogP contribution in [0.5, 0.6) is 0 Å². The normalized spacial score (nSPS) is 16.3. The zero-order valence-corrected chi connectivity index (χ0v) is 10.8. The quantitative estimate of drug-likeness (QED) is 0.622. The molecule has 1 heterocycles. The van der Waals surface area contributed by atoms with Gasteiger partial charge in [0.05, 0.1) is 10.5 Å². The van der Waals surface area contributed by atoms with E-state index >= 15 is 0 Å². The number of benzene rings is 1. The van der Waals surface area contributed by atoms with Crippen molar-refractivity contribution in [1.82, 2.24) is 5.32 Å². The Morgan fingerprint density at radius 1 is 1.60 bits per heavy atom. The molecule has 1 fully saturated rings. The number of amides is 1. The molecule has 1 amide bonds. The van der Waals surface area contributed by atoms with Gasteiger partial charge in [0.1, 0.15) is 6.61 Å². The van der Waals surface area contributed by atoms with Crippen LogP contribution in [0.25, 0.3) is 0 Å². The lowest BCUT2D eigenvalue weighted by Crippen LogP contribution is -2.59. The Morgan fingerprint density at radius 3 is 2.85 bits per heavy atom. The van der Waals surface area contributed by atoms with Crippen molar-refractivity contribution in [3.05, 3.63) is 34.1 Å². The number of nitro groups is 1. The fourth-order valence-corrected chi connectivity index (χ4v) is 1.78. The highest BCUT2D eigenvalue weighted by Gasteiger charge is 2.33. The first-order valence-electron chi connectivity index (χ1n) is 5.99. The zero-order valence-electron chi connectivity index (χ0n) is 10.8. The lowest BCUT2D eigenvalue weighted by Gasteiger charge is -2.38. The first kappa shape index (κ1) is 14.4. The number of ether oxygens (including phenoxy) is 1. The fourth-order valence-electron chi connectivity index (χ4n) is 1.78. The highest BCUT2D eigenvalue weighted by Crippen LogP contribution is 2.27. The molecule has 1 saturated heterocycles. The van der Waals surface area contributed by atoms with Crippen molar-refractivity contribution in [2.45, 2.75) is 12.5 Å². The second-order valence-electron chi connectivity index (χ2n) is 4.78. The van der Waals surface area contributed by atoms with Gasteiger partial charge in [0.15, 0.2) is 11.5 Å². The summed E-state index contributed by atoms with van der Waals surface area (Å²) in [5, 5.41) is 16.0. The highest BCUT2D eigenvalue weighted by molar-refractivity contribution is 5.94.